The van der Waals surface area contributed by atoms with E-state index < -0.39 is 0 Å². The van der Waals surface area contributed by atoms with Crippen molar-refractivity contribution in [1.29, 1.82) is 0 Å². The number of ether oxygens (including phenoxy) is 1. The van der Waals surface area contributed by atoms with Crippen LogP contribution in [0.3, 0.4) is 0 Å². The maximum atomic E-state index is 6.27. The van der Waals surface area contributed by atoms with Crippen molar-refractivity contribution in [2.24, 2.45) is 23.2 Å². The number of halogens is 1. The molecule has 1 aromatic heterocycles. The van der Waals surface area contributed by atoms with Crippen molar-refractivity contribution in [2.45, 2.75) is 58.0 Å². The van der Waals surface area contributed by atoms with Crippen LogP contribution in [0.4, 0.5) is 0 Å². The molecular formula is C24H31ClNO2+. The molecule has 4 aliphatic carbocycles. The van der Waals surface area contributed by atoms with Gasteiger partial charge in [-0.15, -0.1) is 0 Å². The minimum absolute atomic E-state index is 0.577. The molecule has 4 bridgehead atoms. The summed E-state index contributed by atoms with van der Waals surface area (Å²) in [6, 6.07) is 10.6. The van der Waals surface area contributed by atoms with Gasteiger partial charge in [0, 0.05) is 11.0 Å². The van der Waals surface area contributed by atoms with Gasteiger partial charge in [-0.25, -0.2) is 0 Å². The van der Waals surface area contributed by atoms with Crippen molar-refractivity contribution >= 4 is 11.6 Å². The second-order valence-electron chi connectivity index (χ2n) is 9.62. The highest BCUT2D eigenvalue weighted by atomic mass is 35.5. The summed E-state index contributed by atoms with van der Waals surface area (Å²) >= 11 is 6.27. The number of furan rings is 1. The molecule has 2 aromatic rings. The summed E-state index contributed by atoms with van der Waals surface area (Å²) in [5.41, 5.74) is 1.57. The SMILES string of the molecule is COc1ccc(-c2ccc(C[NH2+][C@@H](C)C34CC5CC(CC(C5)C3)C4)o2)cc1Cl. The second-order valence-corrected chi connectivity index (χ2v) is 10.0. The number of benzene rings is 1. The smallest absolute Gasteiger partial charge is 0.158 e. The van der Waals surface area contributed by atoms with Gasteiger partial charge in [-0.1, -0.05) is 11.6 Å². The summed E-state index contributed by atoms with van der Waals surface area (Å²) in [5.74, 6) is 5.63. The van der Waals surface area contributed by atoms with Crippen molar-refractivity contribution in [2.75, 3.05) is 7.11 Å². The van der Waals surface area contributed by atoms with Crippen LogP contribution in [0.25, 0.3) is 11.3 Å². The summed E-state index contributed by atoms with van der Waals surface area (Å²) in [7, 11) is 1.63. The summed E-state index contributed by atoms with van der Waals surface area (Å²) in [5, 5.41) is 3.14. The third-order valence-corrected chi connectivity index (χ3v) is 8.12. The second kappa shape index (κ2) is 7.11. The maximum Gasteiger partial charge on any atom is 0.158 e. The van der Waals surface area contributed by atoms with Crippen molar-refractivity contribution in [1.82, 2.24) is 0 Å². The van der Waals surface area contributed by atoms with Crippen LogP contribution in [0, 0.1) is 23.2 Å². The van der Waals surface area contributed by atoms with Gasteiger partial charge in [-0.3, -0.25) is 0 Å². The lowest BCUT2D eigenvalue weighted by atomic mass is 9.48. The molecule has 28 heavy (non-hydrogen) atoms. The Hall–Kier alpha value is -1.45. The molecule has 4 saturated carbocycles. The maximum absolute atomic E-state index is 6.27. The molecule has 3 nitrogen and oxygen atoms in total. The Labute approximate surface area is 172 Å². The van der Waals surface area contributed by atoms with Gasteiger partial charge in [-0.05, 0) is 93.5 Å². The Bertz CT molecular complexity index is 823. The van der Waals surface area contributed by atoms with E-state index in [1.807, 2.05) is 18.2 Å². The van der Waals surface area contributed by atoms with Gasteiger partial charge >= 0.3 is 0 Å². The topological polar surface area (TPSA) is 39.0 Å². The minimum atomic E-state index is 0.577. The number of quaternary nitrogens is 1. The lowest BCUT2D eigenvalue weighted by Crippen LogP contribution is -2.91. The third kappa shape index (κ3) is 3.27. The van der Waals surface area contributed by atoms with Crippen molar-refractivity contribution < 1.29 is 14.5 Å². The van der Waals surface area contributed by atoms with Crippen LogP contribution in [0.15, 0.2) is 34.7 Å². The average molecular weight is 401 g/mol. The van der Waals surface area contributed by atoms with Gasteiger partial charge in [0.2, 0.25) is 0 Å². The third-order valence-electron chi connectivity index (χ3n) is 7.82. The molecule has 1 aromatic carbocycles. The van der Waals surface area contributed by atoms with Gasteiger partial charge in [0.1, 0.15) is 18.1 Å². The predicted octanol–water partition coefficient (Wildman–Crippen LogP) is 5.28. The van der Waals surface area contributed by atoms with E-state index in [9.17, 15) is 0 Å². The fourth-order valence-corrected chi connectivity index (χ4v) is 7.00. The van der Waals surface area contributed by atoms with Gasteiger partial charge in [0.15, 0.2) is 5.76 Å². The van der Waals surface area contributed by atoms with Gasteiger partial charge < -0.3 is 14.5 Å². The van der Waals surface area contributed by atoms with E-state index in [2.05, 4.69) is 24.4 Å². The van der Waals surface area contributed by atoms with Crippen molar-refractivity contribution in [3.8, 4) is 17.1 Å². The molecule has 1 heterocycles. The normalized spacial score (nSPS) is 31.9. The number of hydrogen-bond donors (Lipinski definition) is 1. The summed E-state index contributed by atoms with van der Waals surface area (Å²) in [4.78, 5) is 0. The fourth-order valence-electron chi connectivity index (χ4n) is 6.74. The molecule has 0 radical (unpaired) electrons. The van der Waals surface area contributed by atoms with Crippen molar-refractivity contribution in [3.63, 3.8) is 0 Å². The molecule has 6 rings (SSSR count). The zero-order valence-corrected chi connectivity index (χ0v) is 17.7. The summed E-state index contributed by atoms with van der Waals surface area (Å²) < 4.78 is 11.4. The first-order chi connectivity index (χ1) is 13.5. The number of nitrogens with two attached hydrogens (primary N) is 1. The lowest BCUT2D eigenvalue weighted by molar-refractivity contribution is -0.718. The first-order valence-corrected chi connectivity index (χ1v) is 11.2. The van der Waals surface area contributed by atoms with Gasteiger partial charge in [0.25, 0.3) is 0 Å². The Balaban J connectivity index is 1.25. The van der Waals surface area contributed by atoms with Crippen LogP contribution in [0.1, 0.15) is 51.2 Å². The standard InChI is InChI=1S/C24H30ClNO2/c1-15(24-11-16-7-17(12-24)9-18(8-16)13-24)26-14-20-4-6-22(28-20)19-3-5-23(27-2)21(25)10-19/h3-6,10,15-18,26H,7-9,11-14H2,1-2H3/p+1/t15-,16?,17?,18?,24?/m0/s1. The van der Waals surface area contributed by atoms with Crippen LogP contribution in [0.5, 0.6) is 5.75 Å². The van der Waals surface area contributed by atoms with Gasteiger partial charge in [0.05, 0.1) is 18.2 Å². The van der Waals surface area contributed by atoms with E-state index in [0.717, 1.165) is 41.4 Å². The molecule has 4 heteroatoms. The molecule has 1 atom stereocenters. The van der Waals surface area contributed by atoms with E-state index in [1.54, 1.807) is 7.11 Å². The highest BCUT2D eigenvalue weighted by molar-refractivity contribution is 6.32. The fraction of sp³-hybridized carbons (Fsp3) is 0.583. The molecular weight excluding hydrogens is 370 g/mol. The molecule has 0 unspecified atom stereocenters. The minimum Gasteiger partial charge on any atom is -0.495 e. The zero-order valence-electron chi connectivity index (χ0n) is 16.9. The van der Waals surface area contributed by atoms with Crippen LogP contribution in [0.2, 0.25) is 5.02 Å². The van der Waals surface area contributed by atoms with E-state index in [4.69, 9.17) is 20.8 Å². The molecule has 0 spiro atoms. The highest BCUT2D eigenvalue weighted by Gasteiger charge is 2.54. The quantitative estimate of drug-likeness (QED) is 0.716. The molecule has 0 amide bonds. The average Bonchev–Trinajstić information content (AvgIpc) is 3.14. The Morgan fingerprint density at radius 1 is 1.11 bits per heavy atom. The predicted molar refractivity (Wildman–Crippen MR) is 111 cm³/mol. The van der Waals surface area contributed by atoms with E-state index in [0.29, 0.717) is 22.2 Å². The highest BCUT2D eigenvalue weighted by Crippen LogP contribution is 2.60. The summed E-state index contributed by atoms with van der Waals surface area (Å²) in [6.45, 7) is 3.37. The largest absolute Gasteiger partial charge is 0.495 e. The molecule has 0 saturated heterocycles. The first-order valence-electron chi connectivity index (χ1n) is 10.8. The number of hydrogen-bond acceptors (Lipinski definition) is 2. The number of methoxy groups -OCH3 is 1. The molecule has 150 valence electrons. The Morgan fingerprint density at radius 3 is 2.39 bits per heavy atom. The van der Waals surface area contributed by atoms with Crippen LogP contribution in [-0.4, -0.2) is 13.2 Å². The van der Waals surface area contributed by atoms with E-state index in [1.165, 1.54) is 38.5 Å². The lowest BCUT2D eigenvalue weighted by Gasteiger charge is -2.57. The van der Waals surface area contributed by atoms with E-state index in [-0.39, 0.29) is 0 Å². The van der Waals surface area contributed by atoms with Crippen LogP contribution in [-0.2, 0) is 6.54 Å². The zero-order chi connectivity index (χ0) is 19.3. The van der Waals surface area contributed by atoms with Crippen molar-refractivity contribution in [3.05, 3.63) is 41.1 Å². The molecule has 0 aliphatic heterocycles. The first kappa shape index (κ1) is 18.6. The Morgan fingerprint density at radius 2 is 1.79 bits per heavy atom. The summed E-state index contributed by atoms with van der Waals surface area (Å²) in [6.07, 6.45) is 8.92. The van der Waals surface area contributed by atoms with Crippen LogP contribution >= 0.6 is 11.6 Å². The molecule has 2 N–H and O–H groups in total. The number of rotatable bonds is 6. The molecule has 4 fully saturated rings. The van der Waals surface area contributed by atoms with E-state index >= 15 is 0 Å². The van der Waals surface area contributed by atoms with Crippen LogP contribution < -0.4 is 10.1 Å². The molecule has 4 aliphatic rings. The Kier molecular flexibility index (Phi) is 4.71. The monoisotopic (exact) mass is 400 g/mol. The van der Waals surface area contributed by atoms with Gasteiger partial charge in [-0.2, -0.15) is 0 Å².